The fraction of sp³-hybridized carbons (Fsp3) is 0.308. The van der Waals surface area contributed by atoms with E-state index in [1.165, 1.54) is 25.4 Å². The topological polar surface area (TPSA) is 146 Å². The summed E-state index contributed by atoms with van der Waals surface area (Å²) in [4.78, 5) is 33.6. The minimum Gasteiger partial charge on any atom is -0.493 e. The Hall–Kier alpha value is -4.45. The Labute approximate surface area is 217 Å². The number of nitrogens with two attached hydrogens (primary N) is 1. The van der Waals surface area contributed by atoms with Crippen LogP contribution in [0.25, 0.3) is 10.9 Å². The van der Waals surface area contributed by atoms with Crippen molar-refractivity contribution in [3.8, 4) is 23.0 Å². The Balaban J connectivity index is 1.29. The SMILES string of the molecule is COc1cc2c(Oc3ccc(NC(=O)C(=O)NC4=NOC(C)C4)cc3F)ccnc2cc1OCC1(N)CC1. The third-order valence-electron chi connectivity index (χ3n) is 6.09. The lowest BCUT2D eigenvalue weighted by atomic mass is 10.1. The number of nitrogens with zero attached hydrogens (tertiary/aromatic N) is 2. The fourth-order valence-corrected chi connectivity index (χ4v) is 3.75. The van der Waals surface area contributed by atoms with E-state index in [4.69, 9.17) is 24.8 Å². The van der Waals surface area contributed by atoms with E-state index in [0.717, 1.165) is 18.9 Å². The first-order valence-electron chi connectivity index (χ1n) is 11.9. The molecule has 1 atom stereocenters. The second kappa shape index (κ2) is 10.1. The summed E-state index contributed by atoms with van der Waals surface area (Å²) < 4.78 is 32.1. The summed E-state index contributed by atoms with van der Waals surface area (Å²) >= 11 is 0. The molecule has 2 aliphatic rings. The van der Waals surface area contributed by atoms with Gasteiger partial charge >= 0.3 is 11.8 Å². The van der Waals surface area contributed by atoms with Crippen molar-refractivity contribution < 1.29 is 33.0 Å². The number of carbonyl (C=O) groups excluding carboxylic acids is 2. The number of anilines is 1. The molecule has 4 N–H and O–H groups in total. The van der Waals surface area contributed by atoms with Gasteiger partial charge in [0.1, 0.15) is 18.5 Å². The fourth-order valence-electron chi connectivity index (χ4n) is 3.75. The van der Waals surface area contributed by atoms with Crippen molar-refractivity contribution in [3.63, 3.8) is 0 Å². The number of amidine groups is 1. The van der Waals surface area contributed by atoms with Crippen molar-refractivity contribution in [2.75, 3.05) is 19.0 Å². The van der Waals surface area contributed by atoms with Crippen molar-refractivity contribution in [3.05, 3.63) is 48.4 Å². The third kappa shape index (κ3) is 5.59. The van der Waals surface area contributed by atoms with Crippen LogP contribution in [-0.4, -0.2) is 48.0 Å². The molecule has 5 rings (SSSR count). The minimum absolute atomic E-state index is 0.0735. The standard InChI is InChI=1S/C26H26FN5O6/c1-14-9-23(32-38-14)31-25(34)24(33)30-15-3-4-20(17(27)10-15)37-19-5-8-29-18-12-22(21(35-2)11-16(18)19)36-13-26(28)6-7-26/h3-5,8,10-12,14H,6-7,9,13,28H2,1-2H3,(H,30,33)(H,31,32,34). The Morgan fingerprint density at radius 3 is 2.58 bits per heavy atom. The van der Waals surface area contributed by atoms with E-state index in [2.05, 4.69) is 20.8 Å². The second-order valence-corrected chi connectivity index (χ2v) is 9.29. The molecule has 11 nitrogen and oxygen atoms in total. The normalized spacial score (nSPS) is 17.3. The van der Waals surface area contributed by atoms with Crippen molar-refractivity contribution >= 4 is 34.2 Å². The molecule has 1 aromatic heterocycles. The number of aromatic nitrogens is 1. The first-order valence-corrected chi connectivity index (χ1v) is 11.9. The molecular weight excluding hydrogens is 497 g/mol. The number of methoxy groups -OCH3 is 1. The lowest BCUT2D eigenvalue weighted by Crippen LogP contribution is -2.39. The molecule has 3 aromatic rings. The van der Waals surface area contributed by atoms with Gasteiger partial charge in [0.2, 0.25) is 0 Å². The maximum Gasteiger partial charge on any atom is 0.315 e. The van der Waals surface area contributed by atoms with Gasteiger partial charge in [-0.25, -0.2) is 4.39 Å². The smallest absolute Gasteiger partial charge is 0.315 e. The van der Waals surface area contributed by atoms with E-state index in [0.29, 0.717) is 41.2 Å². The predicted octanol–water partition coefficient (Wildman–Crippen LogP) is 3.22. The summed E-state index contributed by atoms with van der Waals surface area (Å²) in [5, 5.41) is 8.96. The molecule has 12 heteroatoms. The highest BCUT2D eigenvalue weighted by molar-refractivity contribution is 6.42. The van der Waals surface area contributed by atoms with Crippen molar-refractivity contribution in [2.45, 2.75) is 37.8 Å². The summed E-state index contributed by atoms with van der Waals surface area (Å²) in [5.74, 6) is -1.22. The van der Waals surface area contributed by atoms with Crippen LogP contribution in [0.15, 0.2) is 47.8 Å². The number of nitrogens with one attached hydrogen (secondary N) is 2. The van der Waals surface area contributed by atoms with E-state index >= 15 is 0 Å². The molecule has 1 saturated carbocycles. The highest BCUT2D eigenvalue weighted by Gasteiger charge is 2.39. The minimum atomic E-state index is -0.979. The molecule has 2 amide bonds. The van der Waals surface area contributed by atoms with E-state index in [1.807, 2.05) is 0 Å². The number of hydrogen-bond donors (Lipinski definition) is 3. The highest BCUT2D eigenvalue weighted by atomic mass is 19.1. The van der Waals surface area contributed by atoms with E-state index < -0.39 is 17.6 Å². The largest absolute Gasteiger partial charge is 0.493 e. The third-order valence-corrected chi connectivity index (χ3v) is 6.09. The number of rotatable bonds is 7. The second-order valence-electron chi connectivity index (χ2n) is 9.29. The van der Waals surface area contributed by atoms with Crippen LogP contribution in [0.4, 0.5) is 10.1 Å². The Morgan fingerprint density at radius 1 is 1.11 bits per heavy atom. The number of fused-ring (bicyclic) bond motifs is 1. The van der Waals surface area contributed by atoms with Gasteiger partial charge in [0.05, 0.1) is 18.2 Å². The van der Waals surface area contributed by atoms with Gasteiger partial charge < -0.3 is 35.4 Å². The van der Waals surface area contributed by atoms with Crippen molar-refractivity contribution in [2.24, 2.45) is 10.9 Å². The van der Waals surface area contributed by atoms with Gasteiger partial charge in [-0.3, -0.25) is 14.6 Å². The van der Waals surface area contributed by atoms with Gasteiger partial charge in [0.15, 0.2) is 28.9 Å². The maximum absolute atomic E-state index is 14.9. The first-order chi connectivity index (χ1) is 18.2. The molecule has 198 valence electrons. The van der Waals surface area contributed by atoms with Crippen molar-refractivity contribution in [1.82, 2.24) is 10.3 Å². The predicted molar refractivity (Wildman–Crippen MR) is 136 cm³/mol. The zero-order chi connectivity index (χ0) is 26.9. The molecule has 1 aliphatic heterocycles. The van der Waals surface area contributed by atoms with Gasteiger partial charge in [0.25, 0.3) is 0 Å². The summed E-state index contributed by atoms with van der Waals surface area (Å²) in [7, 11) is 1.52. The van der Waals surface area contributed by atoms with Crippen LogP contribution in [-0.2, 0) is 14.4 Å². The Morgan fingerprint density at radius 2 is 1.89 bits per heavy atom. The van der Waals surface area contributed by atoms with Crippen LogP contribution in [0.5, 0.6) is 23.0 Å². The summed E-state index contributed by atoms with van der Waals surface area (Å²) in [5.41, 5.74) is 6.45. The van der Waals surface area contributed by atoms with E-state index in [9.17, 15) is 14.0 Å². The van der Waals surface area contributed by atoms with Crippen LogP contribution in [0, 0.1) is 5.82 Å². The average molecular weight is 524 g/mol. The molecule has 0 spiro atoms. The number of carbonyl (C=O) groups is 2. The molecule has 1 aliphatic carbocycles. The number of hydrogen-bond acceptors (Lipinski definition) is 9. The molecule has 1 fully saturated rings. The zero-order valence-corrected chi connectivity index (χ0v) is 20.7. The number of benzene rings is 2. The molecule has 2 heterocycles. The Kier molecular flexibility index (Phi) is 6.72. The monoisotopic (exact) mass is 523 g/mol. The number of halogens is 1. The van der Waals surface area contributed by atoms with Crippen LogP contribution < -0.4 is 30.6 Å². The van der Waals surface area contributed by atoms with Gasteiger partial charge in [-0.05, 0) is 44.0 Å². The molecule has 0 radical (unpaired) electrons. The Bertz CT molecular complexity index is 1440. The summed E-state index contributed by atoms with van der Waals surface area (Å²) in [6.07, 6.45) is 3.54. The maximum atomic E-state index is 14.9. The van der Waals surface area contributed by atoms with Gasteiger partial charge in [-0.1, -0.05) is 5.16 Å². The molecular formula is C26H26FN5O6. The molecule has 2 aromatic carbocycles. The van der Waals surface area contributed by atoms with Gasteiger partial charge in [-0.15, -0.1) is 0 Å². The molecule has 38 heavy (non-hydrogen) atoms. The van der Waals surface area contributed by atoms with E-state index in [-0.39, 0.29) is 28.9 Å². The molecule has 0 saturated heterocycles. The van der Waals surface area contributed by atoms with Gasteiger partial charge in [-0.2, -0.15) is 0 Å². The lowest BCUT2D eigenvalue weighted by Gasteiger charge is -2.16. The van der Waals surface area contributed by atoms with Crippen LogP contribution in [0.2, 0.25) is 0 Å². The molecule has 0 bridgehead atoms. The van der Waals surface area contributed by atoms with Crippen LogP contribution in [0.3, 0.4) is 0 Å². The van der Waals surface area contributed by atoms with Crippen molar-refractivity contribution in [1.29, 1.82) is 0 Å². The first kappa shape index (κ1) is 25.2. The van der Waals surface area contributed by atoms with Crippen LogP contribution >= 0.6 is 0 Å². The lowest BCUT2D eigenvalue weighted by molar-refractivity contribution is -0.135. The number of pyridine rings is 1. The number of oxime groups is 1. The quantitative estimate of drug-likeness (QED) is 0.400. The van der Waals surface area contributed by atoms with Gasteiger partial charge in [0, 0.05) is 35.8 Å². The van der Waals surface area contributed by atoms with E-state index in [1.54, 1.807) is 25.1 Å². The van der Waals surface area contributed by atoms with Crippen LogP contribution in [0.1, 0.15) is 26.2 Å². The number of amides is 2. The summed E-state index contributed by atoms with van der Waals surface area (Å²) in [6, 6.07) is 8.83. The highest BCUT2D eigenvalue weighted by Crippen LogP contribution is 2.39. The summed E-state index contributed by atoms with van der Waals surface area (Å²) in [6.45, 7) is 2.14. The number of ether oxygens (including phenoxy) is 3. The molecule has 1 unspecified atom stereocenters. The zero-order valence-electron chi connectivity index (χ0n) is 20.7. The average Bonchev–Trinajstić information content (AvgIpc) is 3.50.